The molecule has 4 rings (SSSR count). The van der Waals surface area contributed by atoms with Gasteiger partial charge in [0.15, 0.2) is 0 Å². The minimum absolute atomic E-state index is 0.282. The van der Waals surface area contributed by atoms with E-state index in [1.807, 2.05) is 12.1 Å². The molecule has 0 spiro atoms. The SMILES string of the molecule is O=S(=O)(Nc1ccc(N2CCOCC2)cc1N1CCOCC1)c1ccc(Br)s1. The molecule has 0 aliphatic carbocycles. The summed E-state index contributed by atoms with van der Waals surface area (Å²) in [5, 5.41) is 0. The number of thiophene rings is 1. The van der Waals surface area contributed by atoms with Gasteiger partial charge in [-0.2, -0.15) is 0 Å². The fraction of sp³-hybridized carbons (Fsp3) is 0.444. The van der Waals surface area contributed by atoms with E-state index in [1.165, 1.54) is 11.3 Å². The molecule has 0 bridgehead atoms. The van der Waals surface area contributed by atoms with Gasteiger partial charge >= 0.3 is 0 Å². The third-order valence-corrected chi connectivity index (χ3v) is 8.25. The predicted molar refractivity (Wildman–Crippen MR) is 115 cm³/mol. The maximum atomic E-state index is 12.8. The normalized spacial score (nSPS) is 18.3. The summed E-state index contributed by atoms with van der Waals surface area (Å²) in [5.41, 5.74) is 2.54. The monoisotopic (exact) mass is 487 g/mol. The highest BCUT2D eigenvalue weighted by Gasteiger charge is 2.23. The fourth-order valence-electron chi connectivity index (χ4n) is 3.33. The highest BCUT2D eigenvalue weighted by atomic mass is 79.9. The number of benzene rings is 1. The topological polar surface area (TPSA) is 71.1 Å². The average Bonchev–Trinajstić information content (AvgIpc) is 3.17. The molecule has 1 N–H and O–H groups in total. The lowest BCUT2D eigenvalue weighted by atomic mass is 10.2. The smallest absolute Gasteiger partial charge is 0.271 e. The van der Waals surface area contributed by atoms with Crippen LogP contribution in [-0.4, -0.2) is 61.0 Å². The Morgan fingerprint density at radius 2 is 1.57 bits per heavy atom. The molecule has 2 aromatic rings. The summed E-state index contributed by atoms with van der Waals surface area (Å²) < 4.78 is 40.4. The van der Waals surface area contributed by atoms with Gasteiger partial charge in [-0.05, 0) is 46.3 Å². The molecule has 0 amide bonds. The molecule has 2 aliphatic heterocycles. The van der Waals surface area contributed by atoms with E-state index in [-0.39, 0.29) is 4.21 Å². The summed E-state index contributed by atoms with van der Waals surface area (Å²) in [7, 11) is -3.64. The van der Waals surface area contributed by atoms with Crippen LogP contribution in [0.5, 0.6) is 0 Å². The molecule has 0 saturated carbocycles. The number of rotatable bonds is 5. The zero-order chi connectivity index (χ0) is 19.6. The summed E-state index contributed by atoms with van der Waals surface area (Å²) in [6.07, 6.45) is 0. The lowest BCUT2D eigenvalue weighted by Crippen LogP contribution is -2.38. The second-order valence-electron chi connectivity index (χ2n) is 6.56. The van der Waals surface area contributed by atoms with E-state index in [1.54, 1.807) is 12.1 Å². The van der Waals surface area contributed by atoms with E-state index < -0.39 is 10.0 Å². The molecule has 7 nitrogen and oxygen atoms in total. The number of hydrogen-bond donors (Lipinski definition) is 1. The second kappa shape index (κ2) is 8.58. The van der Waals surface area contributed by atoms with Gasteiger partial charge < -0.3 is 19.3 Å². The molecule has 0 atom stereocenters. The number of sulfonamides is 1. The summed E-state index contributed by atoms with van der Waals surface area (Å²) in [6.45, 7) is 5.78. The van der Waals surface area contributed by atoms with Gasteiger partial charge in [-0.1, -0.05) is 0 Å². The van der Waals surface area contributed by atoms with E-state index >= 15 is 0 Å². The molecule has 2 fully saturated rings. The zero-order valence-corrected chi connectivity index (χ0v) is 18.5. The summed E-state index contributed by atoms with van der Waals surface area (Å²) in [5.74, 6) is 0. The van der Waals surface area contributed by atoms with Crippen LogP contribution in [0.1, 0.15) is 0 Å². The van der Waals surface area contributed by atoms with Gasteiger partial charge in [0.05, 0.1) is 41.6 Å². The Kier molecular flexibility index (Phi) is 6.12. The van der Waals surface area contributed by atoms with Crippen molar-refractivity contribution in [3.63, 3.8) is 0 Å². The Balaban J connectivity index is 1.66. The van der Waals surface area contributed by atoms with E-state index in [0.717, 1.165) is 41.3 Å². The largest absolute Gasteiger partial charge is 0.378 e. The Morgan fingerprint density at radius 3 is 2.18 bits per heavy atom. The Bertz CT molecular complexity index is 923. The zero-order valence-electron chi connectivity index (χ0n) is 15.3. The highest BCUT2D eigenvalue weighted by Crippen LogP contribution is 2.35. The molecular weight excluding hydrogens is 466 g/mol. The van der Waals surface area contributed by atoms with Gasteiger partial charge in [0.1, 0.15) is 4.21 Å². The highest BCUT2D eigenvalue weighted by molar-refractivity contribution is 9.11. The molecule has 152 valence electrons. The first-order chi connectivity index (χ1) is 13.5. The number of morpholine rings is 2. The van der Waals surface area contributed by atoms with Gasteiger partial charge in [0.25, 0.3) is 10.0 Å². The van der Waals surface area contributed by atoms with Crippen LogP contribution in [0.2, 0.25) is 0 Å². The molecule has 3 heterocycles. The maximum Gasteiger partial charge on any atom is 0.271 e. The molecule has 2 saturated heterocycles. The van der Waals surface area contributed by atoms with E-state index in [9.17, 15) is 8.42 Å². The van der Waals surface area contributed by atoms with Crippen molar-refractivity contribution < 1.29 is 17.9 Å². The van der Waals surface area contributed by atoms with Crippen molar-refractivity contribution in [2.75, 3.05) is 67.1 Å². The Morgan fingerprint density at radius 1 is 0.929 bits per heavy atom. The first kappa shape index (κ1) is 20.0. The third-order valence-electron chi connectivity index (χ3n) is 4.77. The number of anilines is 3. The molecule has 2 aliphatic rings. The van der Waals surface area contributed by atoms with Crippen LogP contribution < -0.4 is 14.5 Å². The van der Waals surface area contributed by atoms with Crippen molar-refractivity contribution in [1.82, 2.24) is 0 Å². The quantitative estimate of drug-likeness (QED) is 0.698. The maximum absolute atomic E-state index is 12.8. The van der Waals surface area contributed by atoms with Gasteiger partial charge in [-0.3, -0.25) is 4.72 Å². The standard InChI is InChI=1S/C18H22BrN3O4S2/c19-17-3-4-18(27-17)28(23,24)20-15-2-1-14(21-5-9-25-10-6-21)13-16(15)22-7-11-26-12-8-22/h1-4,13,20H,5-12H2. The van der Waals surface area contributed by atoms with Crippen LogP contribution in [-0.2, 0) is 19.5 Å². The van der Waals surface area contributed by atoms with Crippen molar-refractivity contribution in [1.29, 1.82) is 0 Å². The van der Waals surface area contributed by atoms with E-state index in [0.29, 0.717) is 32.1 Å². The number of nitrogens with zero attached hydrogens (tertiary/aromatic N) is 2. The second-order valence-corrected chi connectivity index (χ2v) is 10.9. The van der Waals surface area contributed by atoms with Crippen molar-refractivity contribution >= 4 is 54.4 Å². The van der Waals surface area contributed by atoms with Gasteiger partial charge in [0, 0.05) is 31.9 Å². The molecule has 1 aromatic heterocycles. The van der Waals surface area contributed by atoms with Crippen molar-refractivity contribution in [2.45, 2.75) is 4.21 Å². The van der Waals surface area contributed by atoms with Gasteiger partial charge in [-0.25, -0.2) is 8.42 Å². The fourth-order valence-corrected chi connectivity index (χ4v) is 6.41. The number of hydrogen-bond acceptors (Lipinski definition) is 7. The van der Waals surface area contributed by atoms with Crippen molar-refractivity contribution in [3.8, 4) is 0 Å². The first-order valence-electron chi connectivity index (χ1n) is 9.10. The third kappa shape index (κ3) is 4.46. The average molecular weight is 488 g/mol. The van der Waals surface area contributed by atoms with E-state index in [2.05, 4.69) is 36.5 Å². The molecule has 1 aromatic carbocycles. The van der Waals surface area contributed by atoms with Crippen LogP contribution in [0.25, 0.3) is 0 Å². The van der Waals surface area contributed by atoms with Crippen molar-refractivity contribution in [2.24, 2.45) is 0 Å². The molecule has 0 radical (unpaired) electrons. The summed E-state index contributed by atoms with van der Waals surface area (Å²) in [4.78, 5) is 4.44. The minimum Gasteiger partial charge on any atom is -0.378 e. The van der Waals surface area contributed by atoms with Gasteiger partial charge in [-0.15, -0.1) is 11.3 Å². The van der Waals surface area contributed by atoms with Crippen molar-refractivity contribution in [3.05, 3.63) is 34.1 Å². The van der Waals surface area contributed by atoms with Crippen LogP contribution >= 0.6 is 27.3 Å². The van der Waals surface area contributed by atoms with E-state index in [4.69, 9.17) is 9.47 Å². The minimum atomic E-state index is -3.64. The number of nitrogens with one attached hydrogen (secondary N) is 1. The van der Waals surface area contributed by atoms with Gasteiger partial charge in [0.2, 0.25) is 0 Å². The molecule has 0 unspecified atom stereocenters. The molecule has 10 heteroatoms. The van der Waals surface area contributed by atoms with Crippen LogP contribution in [0, 0.1) is 0 Å². The predicted octanol–water partition coefficient (Wildman–Crippen LogP) is 2.98. The summed E-state index contributed by atoms with van der Waals surface area (Å²) in [6, 6.07) is 9.24. The lowest BCUT2D eigenvalue weighted by molar-refractivity contribution is 0.122. The van der Waals surface area contributed by atoms with Crippen LogP contribution in [0.4, 0.5) is 17.1 Å². The first-order valence-corrected chi connectivity index (χ1v) is 12.2. The number of ether oxygens (including phenoxy) is 2. The van der Waals surface area contributed by atoms with Crippen LogP contribution in [0.15, 0.2) is 38.3 Å². The Labute approximate surface area is 177 Å². The molecular formula is C18H22BrN3O4S2. The molecule has 28 heavy (non-hydrogen) atoms. The van der Waals surface area contributed by atoms with Crippen LogP contribution in [0.3, 0.4) is 0 Å². The Hall–Kier alpha value is -1.33. The lowest BCUT2D eigenvalue weighted by Gasteiger charge is -2.33. The summed E-state index contributed by atoms with van der Waals surface area (Å²) >= 11 is 4.52. The number of halogens is 1.